The van der Waals surface area contributed by atoms with Crippen LogP contribution < -0.4 is 5.73 Å². The molecule has 53 heavy (non-hydrogen) atoms. The molecular weight excluding hydrogens is 689 g/mol. The highest BCUT2D eigenvalue weighted by atomic mass is 31.2. The van der Waals surface area contributed by atoms with Crippen LogP contribution in [0.3, 0.4) is 0 Å². The number of carbonyl (C=O) groups is 2. The normalized spacial score (nSPS) is 14.0. The third-order valence-corrected chi connectivity index (χ3v) is 9.47. The molecule has 3 N–H and O–H groups in total. The number of unbranched alkanes of at least 4 members (excludes halogenated alkanes) is 18. The van der Waals surface area contributed by atoms with E-state index in [-0.39, 0.29) is 32.6 Å². The summed E-state index contributed by atoms with van der Waals surface area (Å²) < 4.78 is 32.7. The summed E-state index contributed by atoms with van der Waals surface area (Å²) in [6, 6.07) is 0. The lowest BCUT2D eigenvalue weighted by Gasteiger charge is -2.19. The molecule has 10 heteroatoms. The van der Waals surface area contributed by atoms with Crippen LogP contribution in [0, 0.1) is 0 Å². The van der Waals surface area contributed by atoms with Crippen LogP contribution in [0.2, 0.25) is 0 Å². The minimum atomic E-state index is -4.38. The third-order valence-electron chi connectivity index (χ3n) is 8.48. The number of hydrogen-bond donors (Lipinski definition) is 2. The van der Waals surface area contributed by atoms with Crippen LogP contribution in [0.4, 0.5) is 0 Å². The number of phosphoric ester groups is 1. The number of rotatable bonds is 38. The van der Waals surface area contributed by atoms with Crippen molar-refractivity contribution in [2.24, 2.45) is 5.73 Å². The topological polar surface area (TPSA) is 134 Å². The molecule has 2 atom stereocenters. The van der Waals surface area contributed by atoms with Gasteiger partial charge in [-0.2, -0.15) is 0 Å². The average Bonchev–Trinajstić information content (AvgIpc) is 3.14. The molecule has 0 radical (unpaired) electrons. The number of nitrogens with two attached hydrogens (primary N) is 1. The lowest BCUT2D eigenvalue weighted by atomic mass is 10.1. The molecule has 0 aromatic rings. The van der Waals surface area contributed by atoms with Crippen molar-refractivity contribution in [3.8, 4) is 0 Å². The summed E-state index contributed by atoms with van der Waals surface area (Å²) in [5, 5.41) is 0. The van der Waals surface area contributed by atoms with Crippen molar-refractivity contribution >= 4 is 19.8 Å². The van der Waals surface area contributed by atoms with Gasteiger partial charge < -0.3 is 20.1 Å². The second-order valence-electron chi connectivity index (χ2n) is 13.6. The Labute approximate surface area is 323 Å². The minimum Gasteiger partial charge on any atom is -0.462 e. The number of ether oxygens (including phenoxy) is 2. The van der Waals surface area contributed by atoms with Crippen molar-refractivity contribution in [2.45, 2.75) is 174 Å². The molecule has 0 bridgehead atoms. The van der Waals surface area contributed by atoms with Gasteiger partial charge in [-0.05, 0) is 57.8 Å². The lowest BCUT2D eigenvalue weighted by molar-refractivity contribution is -0.161. The van der Waals surface area contributed by atoms with E-state index in [1.54, 1.807) is 0 Å². The molecule has 0 spiro atoms. The number of esters is 2. The second-order valence-corrected chi connectivity index (χ2v) is 15.0. The molecular formula is C43H76NO8P. The second kappa shape index (κ2) is 39.4. The van der Waals surface area contributed by atoms with Gasteiger partial charge in [0.1, 0.15) is 6.61 Å². The maximum atomic E-state index is 12.6. The summed E-state index contributed by atoms with van der Waals surface area (Å²) in [6.07, 6.45) is 45.3. The molecule has 9 nitrogen and oxygen atoms in total. The fourth-order valence-electron chi connectivity index (χ4n) is 5.40. The SMILES string of the molecule is CC/C=C/C=C/C=C/C=C/CCCCCCCC(=O)OC[C@H](COP(=O)(O)OCCN)OC(=O)CCCCCCCCC/C=C/CCCCCCCC. The predicted octanol–water partition coefficient (Wildman–Crippen LogP) is 11.7. The first kappa shape index (κ1) is 50.7. The van der Waals surface area contributed by atoms with Crippen molar-refractivity contribution in [3.05, 3.63) is 60.8 Å². The third kappa shape index (κ3) is 39.2. The number of carbonyl (C=O) groups excluding carboxylic acids is 2. The number of allylic oxidation sites excluding steroid dienone is 10. The largest absolute Gasteiger partial charge is 0.472 e. The first-order valence-electron chi connectivity index (χ1n) is 20.8. The fraction of sp³-hybridized carbons (Fsp3) is 0.721. The van der Waals surface area contributed by atoms with Gasteiger partial charge in [0.25, 0.3) is 0 Å². The Morgan fingerprint density at radius 1 is 0.585 bits per heavy atom. The molecule has 306 valence electrons. The van der Waals surface area contributed by atoms with E-state index in [4.69, 9.17) is 24.3 Å². The summed E-state index contributed by atoms with van der Waals surface area (Å²) in [5.74, 6) is -0.865. The highest BCUT2D eigenvalue weighted by Gasteiger charge is 2.26. The summed E-state index contributed by atoms with van der Waals surface area (Å²) in [4.78, 5) is 34.8. The summed E-state index contributed by atoms with van der Waals surface area (Å²) in [7, 11) is -4.38. The fourth-order valence-corrected chi connectivity index (χ4v) is 6.17. The Balaban J connectivity index is 4.22. The average molecular weight is 766 g/mol. The Bertz CT molecular complexity index is 1050. The first-order chi connectivity index (χ1) is 25.8. The maximum Gasteiger partial charge on any atom is 0.472 e. The molecule has 0 saturated carbocycles. The molecule has 0 amide bonds. The molecule has 0 aliphatic carbocycles. The lowest BCUT2D eigenvalue weighted by Crippen LogP contribution is -2.29. The van der Waals surface area contributed by atoms with Gasteiger partial charge in [0, 0.05) is 19.4 Å². The van der Waals surface area contributed by atoms with Gasteiger partial charge >= 0.3 is 19.8 Å². The summed E-state index contributed by atoms with van der Waals surface area (Å²) in [5.41, 5.74) is 5.34. The zero-order chi connectivity index (χ0) is 38.9. The van der Waals surface area contributed by atoms with E-state index in [9.17, 15) is 19.0 Å². The van der Waals surface area contributed by atoms with E-state index in [2.05, 4.69) is 44.2 Å². The van der Waals surface area contributed by atoms with Crippen molar-refractivity contribution in [2.75, 3.05) is 26.4 Å². The van der Waals surface area contributed by atoms with Gasteiger partial charge in [-0.3, -0.25) is 18.6 Å². The van der Waals surface area contributed by atoms with E-state index >= 15 is 0 Å². The van der Waals surface area contributed by atoms with Crippen LogP contribution in [0.1, 0.15) is 168 Å². The van der Waals surface area contributed by atoms with Gasteiger partial charge in [0.15, 0.2) is 6.10 Å². The maximum absolute atomic E-state index is 12.6. The van der Waals surface area contributed by atoms with Gasteiger partial charge in [-0.15, -0.1) is 0 Å². The van der Waals surface area contributed by atoms with Crippen LogP contribution in [-0.4, -0.2) is 49.3 Å². The molecule has 0 rings (SSSR count). The Hall–Kier alpha value is -2.29. The molecule has 0 aliphatic heterocycles. The van der Waals surface area contributed by atoms with Gasteiger partial charge in [0.2, 0.25) is 0 Å². The van der Waals surface area contributed by atoms with E-state index in [1.807, 2.05) is 30.4 Å². The Kier molecular flexibility index (Phi) is 37.7. The molecule has 0 fully saturated rings. The van der Waals surface area contributed by atoms with Crippen LogP contribution in [0.5, 0.6) is 0 Å². The highest BCUT2D eigenvalue weighted by Crippen LogP contribution is 2.43. The van der Waals surface area contributed by atoms with E-state index < -0.39 is 32.5 Å². The standard InChI is InChI=1S/C43H76NO8P/c1-3-5-7-9-11-13-15-17-19-20-22-24-26-28-30-32-34-36-43(46)52-41(40-51-53(47,48)50-38-37-44)39-49-42(45)35-33-31-29-27-25-23-21-18-16-14-12-10-8-6-4-2/h6,8,10,12,14,16-19,21,41H,3-5,7,9,11,13,15,20,22-40,44H2,1-2H3,(H,47,48)/b8-6+,12-10+,16-14+,19-17+,21-18+/t41-/m1/s1. The van der Waals surface area contributed by atoms with Crippen LogP contribution in [0.15, 0.2) is 60.8 Å². The van der Waals surface area contributed by atoms with Crippen LogP contribution in [-0.2, 0) is 32.7 Å². The van der Waals surface area contributed by atoms with Gasteiger partial charge in [0.05, 0.1) is 13.2 Å². The quantitative estimate of drug-likeness (QED) is 0.0207. The summed E-state index contributed by atoms with van der Waals surface area (Å²) >= 11 is 0. The Morgan fingerprint density at radius 2 is 1.06 bits per heavy atom. The smallest absolute Gasteiger partial charge is 0.462 e. The minimum absolute atomic E-state index is 0.0465. The van der Waals surface area contributed by atoms with E-state index in [1.165, 1.54) is 64.2 Å². The van der Waals surface area contributed by atoms with Gasteiger partial charge in [-0.1, -0.05) is 158 Å². The van der Waals surface area contributed by atoms with Gasteiger partial charge in [-0.25, -0.2) is 4.57 Å². The van der Waals surface area contributed by atoms with Crippen LogP contribution >= 0.6 is 7.82 Å². The zero-order valence-corrected chi connectivity index (χ0v) is 34.4. The molecule has 0 saturated heterocycles. The van der Waals surface area contributed by atoms with E-state index in [0.29, 0.717) is 12.8 Å². The monoisotopic (exact) mass is 766 g/mol. The predicted molar refractivity (Wildman–Crippen MR) is 219 cm³/mol. The molecule has 0 heterocycles. The van der Waals surface area contributed by atoms with Crippen molar-refractivity contribution in [3.63, 3.8) is 0 Å². The number of hydrogen-bond acceptors (Lipinski definition) is 8. The van der Waals surface area contributed by atoms with Crippen molar-refractivity contribution in [1.82, 2.24) is 0 Å². The highest BCUT2D eigenvalue weighted by molar-refractivity contribution is 7.47. The van der Waals surface area contributed by atoms with Crippen LogP contribution in [0.25, 0.3) is 0 Å². The molecule has 0 aromatic heterocycles. The first-order valence-corrected chi connectivity index (χ1v) is 22.3. The molecule has 1 unspecified atom stereocenters. The Morgan fingerprint density at radius 3 is 1.60 bits per heavy atom. The van der Waals surface area contributed by atoms with Crippen molar-refractivity contribution in [1.29, 1.82) is 0 Å². The van der Waals surface area contributed by atoms with E-state index in [0.717, 1.165) is 64.2 Å². The van der Waals surface area contributed by atoms with Crippen molar-refractivity contribution < 1.29 is 37.6 Å². The number of phosphoric acid groups is 1. The zero-order valence-electron chi connectivity index (χ0n) is 33.5. The molecule has 0 aliphatic rings. The molecule has 0 aromatic carbocycles. The summed E-state index contributed by atoms with van der Waals surface area (Å²) in [6.45, 7) is 3.54.